The van der Waals surface area contributed by atoms with Crippen LogP contribution in [-0.2, 0) is 0 Å². The van der Waals surface area contributed by atoms with Crippen molar-refractivity contribution in [1.82, 2.24) is 4.98 Å². The van der Waals surface area contributed by atoms with Gasteiger partial charge in [-0.15, -0.1) is 22.7 Å². The summed E-state index contributed by atoms with van der Waals surface area (Å²) in [6.45, 7) is 6.37. The minimum atomic E-state index is -0.428. The standard InChI is InChI=1S/C11H7NO2S2.C5H12.Rb/c1-5-4-7-9(16-5)8-6(2-3-15-8)10(13)12-11(7)14;1-3-5-4-2;/h2-4H,1H3,(H,12,13,14);3-5H2,1-2H3;/q;;+1/p-1. The molecule has 0 radical (unpaired) electrons. The van der Waals surface area contributed by atoms with E-state index in [9.17, 15) is 9.59 Å². The predicted octanol–water partition coefficient (Wildman–Crippen LogP) is 1.30. The van der Waals surface area contributed by atoms with Gasteiger partial charge in [0.25, 0.3) is 0 Å². The zero-order valence-corrected chi connectivity index (χ0v) is 20.0. The maximum atomic E-state index is 11.7. The Bertz CT molecular complexity index is 862. The van der Waals surface area contributed by atoms with Crippen LogP contribution in [0.25, 0.3) is 20.2 Å². The van der Waals surface area contributed by atoms with Gasteiger partial charge in [0.15, 0.2) is 0 Å². The van der Waals surface area contributed by atoms with Crippen molar-refractivity contribution in [1.29, 1.82) is 0 Å². The van der Waals surface area contributed by atoms with E-state index in [1.807, 2.05) is 12.3 Å². The number of rotatable bonds is 2. The summed E-state index contributed by atoms with van der Waals surface area (Å²) in [5, 5.41) is 2.95. The van der Waals surface area contributed by atoms with Crippen LogP contribution < -0.4 is 74.3 Å². The molecule has 0 aliphatic carbocycles. The topological polar surface area (TPSA) is 48.2 Å². The van der Waals surface area contributed by atoms with Gasteiger partial charge >= 0.3 is 58.2 Å². The monoisotopic (exact) mass is 405 g/mol. The molecule has 0 atom stereocenters. The third-order valence-corrected chi connectivity index (χ3v) is 5.23. The van der Waals surface area contributed by atoms with Gasteiger partial charge in [-0.25, -0.2) is 0 Å². The first kappa shape index (κ1) is 20.4. The molecule has 0 N–H and O–H groups in total. The summed E-state index contributed by atoms with van der Waals surface area (Å²) >= 11 is 3.01. The number of aromatic nitrogens is 1. The molecule has 3 aromatic rings. The quantitative estimate of drug-likeness (QED) is 0.645. The Morgan fingerprint density at radius 3 is 2.27 bits per heavy atom. The van der Waals surface area contributed by atoms with Gasteiger partial charge in [0, 0.05) is 15.6 Å². The zero-order chi connectivity index (χ0) is 15.4. The van der Waals surface area contributed by atoms with Crippen LogP contribution in [0.5, 0.6) is 0 Å². The fourth-order valence-electron chi connectivity index (χ4n) is 2.06. The molecule has 3 nitrogen and oxygen atoms in total. The molecule has 0 unspecified atom stereocenters. The maximum Gasteiger partial charge on any atom is 1.00 e. The van der Waals surface area contributed by atoms with Gasteiger partial charge in [-0.1, -0.05) is 33.1 Å². The number of hydrogen-bond donors (Lipinski definition) is 0. The smallest absolute Gasteiger partial charge is 0.587 e. The number of nitrogens with zero attached hydrogens (tertiary/aromatic N) is 1. The van der Waals surface area contributed by atoms with Crippen molar-refractivity contribution in [2.45, 2.75) is 40.0 Å². The summed E-state index contributed by atoms with van der Waals surface area (Å²) in [5.41, 5.74) is -0.852. The molecule has 0 spiro atoms. The number of fused-ring (bicyclic) bond motifs is 3. The Morgan fingerprint density at radius 1 is 1.05 bits per heavy atom. The van der Waals surface area contributed by atoms with Crippen LogP contribution in [0.15, 0.2) is 27.1 Å². The van der Waals surface area contributed by atoms with Crippen LogP contribution in [0.3, 0.4) is 0 Å². The molecule has 22 heavy (non-hydrogen) atoms. The molecule has 0 saturated heterocycles. The molecule has 0 aliphatic heterocycles. The number of aryl methyl sites for hydroxylation is 1. The third kappa shape index (κ3) is 4.68. The third-order valence-electron chi connectivity index (χ3n) is 3.10. The average molecular weight is 406 g/mol. The molecule has 0 aromatic carbocycles. The normalized spacial score (nSPS) is 10.1. The molecule has 0 amide bonds. The van der Waals surface area contributed by atoms with Crippen molar-refractivity contribution < 1.29 is 58.2 Å². The van der Waals surface area contributed by atoms with Crippen molar-refractivity contribution in [2.24, 2.45) is 0 Å². The summed E-state index contributed by atoms with van der Waals surface area (Å²) < 4.78 is 1.75. The fourth-order valence-corrected chi connectivity index (χ4v) is 4.13. The largest absolute Gasteiger partial charge is 1.00 e. The van der Waals surface area contributed by atoms with E-state index < -0.39 is 11.1 Å². The van der Waals surface area contributed by atoms with E-state index in [4.69, 9.17) is 0 Å². The minimum absolute atomic E-state index is 0. The number of thiophene rings is 2. The summed E-state index contributed by atoms with van der Waals surface area (Å²) in [6.07, 6.45) is 4.08. The predicted molar refractivity (Wildman–Crippen MR) is 93.0 cm³/mol. The van der Waals surface area contributed by atoms with Gasteiger partial charge in [-0.05, 0) is 24.4 Å². The second kappa shape index (κ2) is 9.59. The van der Waals surface area contributed by atoms with Crippen LogP contribution in [0.1, 0.15) is 38.0 Å². The van der Waals surface area contributed by atoms with E-state index in [2.05, 4.69) is 18.8 Å². The van der Waals surface area contributed by atoms with E-state index in [1.165, 1.54) is 41.9 Å². The van der Waals surface area contributed by atoms with Gasteiger partial charge in [0.05, 0.1) is 20.5 Å². The Morgan fingerprint density at radius 2 is 1.68 bits per heavy atom. The molecular formula is C16H18NO2RbS2. The molecule has 0 fully saturated rings. The van der Waals surface area contributed by atoms with Gasteiger partial charge < -0.3 is 14.6 Å². The molecule has 0 aliphatic rings. The van der Waals surface area contributed by atoms with Crippen LogP contribution in [0.2, 0.25) is 0 Å². The first-order valence-corrected chi connectivity index (χ1v) is 8.76. The molecule has 3 aromatic heterocycles. The Labute approximate surface area is 186 Å². The first-order valence-electron chi connectivity index (χ1n) is 7.07. The van der Waals surface area contributed by atoms with E-state index in [-0.39, 0.29) is 58.2 Å². The van der Waals surface area contributed by atoms with Crippen LogP contribution in [0, 0.1) is 6.92 Å². The molecule has 0 saturated carbocycles. The summed E-state index contributed by atoms with van der Waals surface area (Å²) in [5.74, 6) is 0. The van der Waals surface area contributed by atoms with Gasteiger partial charge in [-0.2, -0.15) is 0 Å². The minimum Gasteiger partial charge on any atom is -0.587 e. The SMILES string of the molecule is CCCCC.Cc1cc2c(=O)[n-]c(=O)c3ccsc3c2s1.[Rb+]. The Hall–Kier alpha value is 0.345. The summed E-state index contributed by atoms with van der Waals surface area (Å²) in [6, 6.07) is 3.52. The van der Waals surface area contributed by atoms with E-state index in [1.54, 1.807) is 12.1 Å². The molecule has 0 bridgehead atoms. The maximum absolute atomic E-state index is 11.7. The molecule has 3 rings (SSSR count). The number of unbranched alkanes of at least 4 members (excludes halogenated alkanes) is 2. The van der Waals surface area contributed by atoms with Gasteiger partial charge in [0.1, 0.15) is 0 Å². The van der Waals surface area contributed by atoms with Crippen molar-refractivity contribution >= 4 is 42.8 Å². The van der Waals surface area contributed by atoms with E-state index in [0.717, 1.165) is 14.3 Å². The van der Waals surface area contributed by atoms with E-state index in [0.29, 0.717) is 10.8 Å². The molecule has 112 valence electrons. The Kier molecular flexibility index (Phi) is 8.89. The van der Waals surface area contributed by atoms with E-state index >= 15 is 0 Å². The van der Waals surface area contributed by atoms with Gasteiger partial charge in [-0.3, -0.25) is 0 Å². The number of hydrogen-bond acceptors (Lipinski definition) is 4. The fraction of sp³-hybridized carbons (Fsp3) is 0.375. The van der Waals surface area contributed by atoms with Crippen molar-refractivity contribution in [2.75, 3.05) is 0 Å². The first-order chi connectivity index (χ1) is 10.1. The molecule has 3 heterocycles. The molecular weight excluding hydrogens is 388 g/mol. The Balaban J connectivity index is 0.000000356. The summed E-state index contributed by atoms with van der Waals surface area (Å²) in [4.78, 5) is 28.0. The van der Waals surface area contributed by atoms with Crippen molar-refractivity contribution in [3.05, 3.63) is 43.1 Å². The van der Waals surface area contributed by atoms with Crippen LogP contribution in [-0.4, -0.2) is 0 Å². The van der Waals surface area contributed by atoms with Crippen molar-refractivity contribution in [3.63, 3.8) is 0 Å². The second-order valence-corrected chi connectivity index (χ2v) is 7.01. The van der Waals surface area contributed by atoms with Gasteiger partial charge in [0.2, 0.25) is 0 Å². The molecule has 6 heteroatoms. The average Bonchev–Trinajstić information content (AvgIpc) is 3.04. The van der Waals surface area contributed by atoms with Crippen molar-refractivity contribution in [3.8, 4) is 0 Å². The van der Waals surface area contributed by atoms with Crippen LogP contribution in [0.4, 0.5) is 0 Å². The zero-order valence-electron chi connectivity index (χ0n) is 13.4. The second-order valence-electron chi connectivity index (χ2n) is 4.84. The summed E-state index contributed by atoms with van der Waals surface area (Å²) in [7, 11) is 0. The van der Waals surface area contributed by atoms with Crippen LogP contribution >= 0.6 is 22.7 Å².